The number of H-pyrrole nitrogens is 1. The lowest BCUT2D eigenvalue weighted by atomic mass is 9.87. The number of aromatic hydroxyl groups is 1. The number of rotatable bonds is 6. The van der Waals surface area contributed by atoms with E-state index < -0.39 is 0 Å². The van der Waals surface area contributed by atoms with Crippen molar-refractivity contribution in [3.63, 3.8) is 0 Å². The lowest BCUT2D eigenvalue weighted by Gasteiger charge is -2.18. The van der Waals surface area contributed by atoms with Crippen molar-refractivity contribution >= 4 is 0 Å². The predicted octanol–water partition coefficient (Wildman–Crippen LogP) is 3.49. The highest BCUT2D eigenvalue weighted by molar-refractivity contribution is 5.32. The zero-order valence-corrected chi connectivity index (χ0v) is 12.9. The Morgan fingerprint density at radius 1 is 0.957 bits per heavy atom. The van der Waals surface area contributed by atoms with Gasteiger partial charge in [0.15, 0.2) is 0 Å². The largest absolute Gasteiger partial charge is 0.493 e. The molecule has 3 aromatic rings. The van der Waals surface area contributed by atoms with Gasteiger partial charge in [-0.2, -0.15) is 0 Å². The van der Waals surface area contributed by atoms with Crippen LogP contribution in [0.2, 0.25) is 0 Å². The van der Waals surface area contributed by atoms with E-state index in [1.54, 1.807) is 0 Å². The minimum absolute atomic E-state index is 0.00836. The fraction of sp³-hybridized carbons (Fsp3) is 0.211. The van der Waals surface area contributed by atoms with Gasteiger partial charge in [0.2, 0.25) is 5.88 Å². The summed E-state index contributed by atoms with van der Waals surface area (Å²) in [5.41, 5.74) is 2.27. The van der Waals surface area contributed by atoms with Crippen LogP contribution in [0.4, 0.5) is 0 Å². The van der Waals surface area contributed by atoms with Crippen molar-refractivity contribution in [2.75, 3.05) is 0 Å². The first kappa shape index (κ1) is 15.2. The maximum atomic E-state index is 11.6. The molecule has 3 rings (SSSR count). The Labute approximate surface area is 135 Å². The van der Waals surface area contributed by atoms with Gasteiger partial charge < -0.3 is 10.1 Å². The van der Waals surface area contributed by atoms with Gasteiger partial charge in [-0.1, -0.05) is 60.7 Å². The number of aromatic amines is 1. The van der Waals surface area contributed by atoms with Gasteiger partial charge in [0.25, 0.3) is 0 Å². The quantitative estimate of drug-likeness (QED) is 0.732. The van der Waals surface area contributed by atoms with E-state index in [-0.39, 0.29) is 17.5 Å². The second kappa shape index (κ2) is 7.01. The van der Waals surface area contributed by atoms with Gasteiger partial charge in [0.1, 0.15) is 0 Å². The van der Waals surface area contributed by atoms with Crippen LogP contribution in [0, 0.1) is 0 Å². The van der Waals surface area contributed by atoms with Crippen LogP contribution < -0.4 is 5.69 Å². The first-order chi connectivity index (χ1) is 11.3. The third-order valence-electron chi connectivity index (χ3n) is 4.12. The van der Waals surface area contributed by atoms with Crippen molar-refractivity contribution in [3.8, 4) is 5.88 Å². The van der Waals surface area contributed by atoms with Gasteiger partial charge in [0.05, 0.1) is 6.20 Å². The van der Waals surface area contributed by atoms with Crippen LogP contribution in [0.15, 0.2) is 71.7 Å². The number of nitrogens with zero attached hydrogens (tertiary/aromatic N) is 1. The predicted molar refractivity (Wildman–Crippen MR) is 90.7 cm³/mol. The lowest BCUT2D eigenvalue weighted by Crippen LogP contribution is -2.17. The van der Waals surface area contributed by atoms with Crippen molar-refractivity contribution < 1.29 is 5.11 Å². The summed E-state index contributed by atoms with van der Waals surface area (Å²) < 4.78 is 1.37. The molecule has 0 aliphatic heterocycles. The molecule has 0 amide bonds. The topological polar surface area (TPSA) is 58.0 Å². The summed E-state index contributed by atoms with van der Waals surface area (Å²) in [6.07, 6.45) is 3.04. The number of hydrogen-bond acceptors (Lipinski definition) is 2. The van der Waals surface area contributed by atoms with Crippen molar-refractivity contribution in [1.82, 2.24) is 9.55 Å². The van der Waals surface area contributed by atoms with E-state index >= 15 is 0 Å². The zero-order valence-electron chi connectivity index (χ0n) is 12.9. The molecular formula is C19H20N2O2. The molecular weight excluding hydrogens is 288 g/mol. The second-order valence-electron chi connectivity index (χ2n) is 5.62. The molecule has 0 aliphatic carbocycles. The summed E-state index contributed by atoms with van der Waals surface area (Å²) in [7, 11) is 0. The Bertz CT molecular complexity index is 751. The smallest absolute Gasteiger partial charge is 0.328 e. The van der Waals surface area contributed by atoms with Crippen LogP contribution in [0.3, 0.4) is 0 Å². The number of imidazole rings is 1. The third kappa shape index (κ3) is 3.54. The van der Waals surface area contributed by atoms with E-state index in [1.165, 1.54) is 21.9 Å². The van der Waals surface area contributed by atoms with Crippen LogP contribution in [0.1, 0.15) is 29.9 Å². The van der Waals surface area contributed by atoms with Crippen molar-refractivity contribution in [1.29, 1.82) is 0 Å². The maximum Gasteiger partial charge on any atom is 0.328 e. The van der Waals surface area contributed by atoms with Gasteiger partial charge in [-0.05, 0) is 24.0 Å². The monoisotopic (exact) mass is 308 g/mol. The third-order valence-corrected chi connectivity index (χ3v) is 4.12. The molecule has 2 N–H and O–H groups in total. The summed E-state index contributed by atoms with van der Waals surface area (Å²) in [6.45, 7) is 0.504. The summed E-state index contributed by atoms with van der Waals surface area (Å²) in [6, 6.07) is 20.8. The van der Waals surface area contributed by atoms with E-state index in [0.29, 0.717) is 6.54 Å². The van der Waals surface area contributed by atoms with E-state index in [9.17, 15) is 9.90 Å². The summed E-state index contributed by atoms with van der Waals surface area (Å²) >= 11 is 0. The summed E-state index contributed by atoms with van der Waals surface area (Å²) in [5.74, 6) is 0.278. The normalized spacial score (nSPS) is 11.0. The molecule has 0 saturated heterocycles. The molecule has 23 heavy (non-hydrogen) atoms. The van der Waals surface area contributed by atoms with Crippen molar-refractivity contribution in [3.05, 3.63) is 88.5 Å². The molecule has 2 aromatic carbocycles. The Hall–Kier alpha value is -2.75. The van der Waals surface area contributed by atoms with E-state index in [1.807, 2.05) is 36.4 Å². The molecule has 4 nitrogen and oxygen atoms in total. The van der Waals surface area contributed by atoms with Crippen molar-refractivity contribution in [2.45, 2.75) is 25.3 Å². The molecule has 0 aliphatic rings. The van der Waals surface area contributed by atoms with Crippen LogP contribution in [0.5, 0.6) is 5.88 Å². The molecule has 0 fully saturated rings. The molecule has 0 unspecified atom stereocenters. The van der Waals surface area contributed by atoms with Gasteiger partial charge in [-0.3, -0.25) is 4.57 Å². The molecule has 0 atom stereocenters. The number of aromatic nitrogens is 2. The average Bonchev–Trinajstić information content (AvgIpc) is 2.92. The highest BCUT2D eigenvalue weighted by Crippen LogP contribution is 2.29. The Kier molecular flexibility index (Phi) is 4.62. The van der Waals surface area contributed by atoms with Crippen LogP contribution >= 0.6 is 0 Å². The second-order valence-corrected chi connectivity index (χ2v) is 5.62. The molecule has 0 radical (unpaired) electrons. The Morgan fingerprint density at radius 3 is 2.00 bits per heavy atom. The van der Waals surface area contributed by atoms with Crippen LogP contribution in [0.25, 0.3) is 0 Å². The summed E-state index contributed by atoms with van der Waals surface area (Å²) in [4.78, 5) is 14.1. The van der Waals surface area contributed by atoms with Gasteiger partial charge in [-0.15, -0.1) is 0 Å². The molecule has 1 heterocycles. The SMILES string of the molecule is O=c1[nH]cc(O)n1CCCC(c1ccccc1)c1ccccc1. The minimum atomic E-state index is -0.265. The first-order valence-electron chi connectivity index (χ1n) is 7.83. The number of nitrogens with one attached hydrogen (secondary N) is 1. The maximum absolute atomic E-state index is 11.6. The van der Waals surface area contributed by atoms with E-state index in [4.69, 9.17) is 0 Å². The highest BCUT2D eigenvalue weighted by Gasteiger charge is 2.14. The lowest BCUT2D eigenvalue weighted by molar-refractivity contribution is 0.405. The number of hydrogen-bond donors (Lipinski definition) is 2. The van der Waals surface area contributed by atoms with Gasteiger partial charge in [0, 0.05) is 12.5 Å². The molecule has 4 heteroatoms. The van der Waals surface area contributed by atoms with Crippen LogP contribution in [-0.4, -0.2) is 14.7 Å². The molecule has 118 valence electrons. The number of benzene rings is 2. The standard InChI is InChI=1S/C19H20N2O2/c22-18-14-20-19(23)21(18)13-7-12-17(15-8-3-1-4-9-15)16-10-5-2-6-11-16/h1-6,8-11,14,17,22H,7,12-13H2,(H,20,23). The minimum Gasteiger partial charge on any atom is -0.493 e. The van der Waals surface area contributed by atoms with Gasteiger partial charge >= 0.3 is 5.69 Å². The fourth-order valence-electron chi connectivity index (χ4n) is 2.95. The summed E-state index contributed by atoms with van der Waals surface area (Å²) in [5, 5.41) is 9.66. The molecule has 0 spiro atoms. The first-order valence-corrected chi connectivity index (χ1v) is 7.83. The highest BCUT2D eigenvalue weighted by atomic mass is 16.3. The molecule has 1 aromatic heterocycles. The van der Waals surface area contributed by atoms with E-state index in [0.717, 1.165) is 12.8 Å². The van der Waals surface area contributed by atoms with Crippen LogP contribution in [-0.2, 0) is 6.54 Å². The van der Waals surface area contributed by atoms with E-state index in [2.05, 4.69) is 29.2 Å². The Morgan fingerprint density at radius 2 is 1.52 bits per heavy atom. The Balaban J connectivity index is 1.76. The molecule has 0 saturated carbocycles. The van der Waals surface area contributed by atoms with Gasteiger partial charge in [-0.25, -0.2) is 4.79 Å². The zero-order chi connectivity index (χ0) is 16.1. The average molecular weight is 308 g/mol. The molecule has 0 bridgehead atoms. The fourth-order valence-corrected chi connectivity index (χ4v) is 2.95. The van der Waals surface area contributed by atoms with Crippen molar-refractivity contribution in [2.24, 2.45) is 0 Å².